The topological polar surface area (TPSA) is 84.9 Å². The van der Waals surface area contributed by atoms with Crippen LogP contribution in [0.2, 0.25) is 0 Å². The van der Waals surface area contributed by atoms with Crippen molar-refractivity contribution in [1.29, 1.82) is 0 Å². The van der Waals surface area contributed by atoms with Crippen LogP contribution in [-0.2, 0) is 22.6 Å². The Kier molecular flexibility index (Phi) is 7.49. The highest BCUT2D eigenvalue weighted by molar-refractivity contribution is 5.79. The quantitative estimate of drug-likeness (QED) is 0.718. The van der Waals surface area contributed by atoms with Crippen LogP contribution in [0.3, 0.4) is 0 Å². The summed E-state index contributed by atoms with van der Waals surface area (Å²) in [5.74, 6) is -0.295. The number of hydrogen-bond acceptors (Lipinski definition) is 4. The molecular weight excluding hydrogens is 334 g/mol. The predicted octanol–water partition coefficient (Wildman–Crippen LogP) is 3.40. The Labute approximate surface area is 152 Å². The van der Waals surface area contributed by atoms with Gasteiger partial charge >= 0.3 is 12.1 Å². The first-order chi connectivity index (χ1) is 12.6. The molecule has 0 spiro atoms. The summed E-state index contributed by atoms with van der Waals surface area (Å²) in [6, 6.07) is 15.8. The minimum absolute atomic E-state index is 0.102. The minimum Gasteiger partial charge on any atom is -0.497 e. The molecule has 0 saturated heterocycles. The Balaban J connectivity index is 1.76. The fraction of sp³-hybridized carbons (Fsp3) is 0.300. The van der Waals surface area contributed by atoms with Gasteiger partial charge in [-0.05, 0) is 42.5 Å². The summed E-state index contributed by atoms with van der Waals surface area (Å²) in [7, 11) is 1.61. The maximum Gasteiger partial charge on any atom is 0.408 e. The number of hydrogen-bond donors (Lipinski definition) is 2. The molecule has 6 heteroatoms. The normalized spacial score (nSPS) is 11.4. The third kappa shape index (κ3) is 6.47. The summed E-state index contributed by atoms with van der Waals surface area (Å²) in [6.07, 6.45) is 0.934. The lowest BCUT2D eigenvalue weighted by molar-refractivity contribution is -0.139. The maximum atomic E-state index is 11.8. The van der Waals surface area contributed by atoms with Crippen LogP contribution >= 0.6 is 0 Å². The van der Waals surface area contributed by atoms with E-state index >= 15 is 0 Å². The molecule has 1 atom stereocenters. The molecule has 0 fully saturated rings. The van der Waals surface area contributed by atoms with Crippen molar-refractivity contribution in [3.8, 4) is 5.75 Å². The van der Waals surface area contributed by atoms with Gasteiger partial charge in [-0.3, -0.25) is 0 Å². The lowest BCUT2D eigenvalue weighted by Crippen LogP contribution is -2.41. The Morgan fingerprint density at radius 3 is 2.35 bits per heavy atom. The van der Waals surface area contributed by atoms with Gasteiger partial charge in [0.1, 0.15) is 18.4 Å². The number of methoxy groups -OCH3 is 1. The highest BCUT2D eigenvalue weighted by Crippen LogP contribution is 2.14. The summed E-state index contributed by atoms with van der Waals surface area (Å²) in [4.78, 5) is 23.2. The van der Waals surface area contributed by atoms with Crippen molar-refractivity contribution in [2.24, 2.45) is 0 Å². The Morgan fingerprint density at radius 1 is 1.04 bits per heavy atom. The van der Waals surface area contributed by atoms with Crippen LogP contribution in [0.25, 0.3) is 0 Å². The highest BCUT2D eigenvalue weighted by Gasteiger charge is 2.20. The first-order valence-electron chi connectivity index (χ1n) is 8.41. The zero-order chi connectivity index (χ0) is 18.8. The third-order valence-corrected chi connectivity index (χ3v) is 3.92. The molecule has 26 heavy (non-hydrogen) atoms. The van der Waals surface area contributed by atoms with E-state index in [1.165, 1.54) is 0 Å². The van der Waals surface area contributed by atoms with Gasteiger partial charge in [0.2, 0.25) is 0 Å². The van der Waals surface area contributed by atoms with Crippen molar-refractivity contribution in [3.05, 3.63) is 65.7 Å². The largest absolute Gasteiger partial charge is 0.497 e. The average Bonchev–Trinajstić information content (AvgIpc) is 2.67. The van der Waals surface area contributed by atoms with Crippen LogP contribution in [0.1, 0.15) is 24.0 Å². The zero-order valence-corrected chi connectivity index (χ0v) is 14.7. The number of alkyl carbamates (subject to hydrolysis) is 1. The Bertz CT molecular complexity index is 700. The summed E-state index contributed by atoms with van der Waals surface area (Å²) < 4.78 is 10.2. The van der Waals surface area contributed by atoms with E-state index in [-0.39, 0.29) is 6.61 Å². The molecule has 0 heterocycles. The van der Waals surface area contributed by atoms with Crippen LogP contribution in [0.15, 0.2) is 54.6 Å². The van der Waals surface area contributed by atoms with E-state index in [9.17, 15) is 14.7 Å². The number of aryl methyl sites for hydroxylation is 1. The molecule has 2 rings (SSSR count). The first kappa shape index (κ1) is 19.3. The van der Waals surface area contributed by atoms with E-state index in [0.29, 0.717) is 19.3 Å². The number of ether oxygens (including phenoxy) is 2. The van der Waals surface area contributed by atoms with Crippen LogP contribution in [0.4, 0.5) is 4.79 Å². The Morgan fingerprint density at radius 2 is 1.73 bits per heavy atom. The van der Waals surface area contributed by atoms with Crippen molar-refractivity contribution in [1.82, 2.24) is 5.32 Å². The van der Waals surface area contributed by atoms with Crippen LogP contribution < -0.4 is 10.1 Å². The number of carboxylic acids is 1. The number of amides is 1. The van der Waals surface area contributed by atoms with Crippen LogP contribution in [0.5, 0.6) is 5.75 Å². The van der Waals surface area contributed by atoms with Crippen molar-refractivity contribution < 1.29 is 24.2 Å². The molecule has 2 aromatic rings. The summed E-state index contributed by atoms with van der Waals surface area (Å²) in [5, 5.41) is 11.7. The number of carbonyl (C=O) groups excluding carboxylic acids is 1. The Hall–Kier alpha value is -3.02. The smallest absolute Gasteiger partial charge is 0.408 e. The summed E-state index contributed by atoms with van der Waals surface area (Å²) in [5.41, 5.74) is 1.93. The second kappa shape index (κ2) is 10.1. The van der Waals surface area contributed by atoms with E-state index in [1.54, 1.807) is 7.11 Å². The van der Waals surface area contributed by atoms with Gasteiger partial charge in [-0.1, -0.05) is 42.5 Å². The lowest BCUT2D eigenvalue weighted by Gasteiger charge is -2.14. The highest BCUT2D eigenvalue weighted by atomic mass is 16.5. The average molecular weight is 357 g/mol. The molecule has 0 radical (unpaired) electrons. The van der Waals surface area contributed by atoms with Gasteiger partial charge in [0.05, 0.1) is 7.11 Å². The summed E-state index contributed by atoms with van der Waals surface area (Å²) >= 11 is 0. The number of nitrogens with one attached hydrogen (secondary N) is 1. The number of carboxylic acid groups (broad SMARTS) is 1. The number of rotatable bonds is 9. The van der Waals surface area contributed by atoms with Crippen molar-refractivity contribution in [2.45, 2.75) is 31.9 Å². The molecule has 0 aliphatic heterocycles. The molecule has 0 aliphatic carbocycles. The van der Waals surface area contributed by atoms with E-state index < -0.39 is 18.1 Å². The van der Waals surface area contributed by atoms with E-state index in [0.717, 1.165) is 16.9 Å². The van der Waals surface area contributed by atoms with Crippen LogP contribution in [-0.4, -0.2) is 30.3 Å². The number of aliphatic carboxylic acids is 1. The van der Waals surface area contributed by atoms with Gasteiger partial charge in [0.15, 0.2) is 0 Å². The molecule has 0 saturated carbocycles. The van der Waals surface area contributed by atoms with Crippen LogP contribution in [0, 0.1) is 0 Å². The number of benzene rings is 2. The molecule has 138 valence electrons. The van der Waals surface area contributed by atoms with Gasteiger partial charge in [-0.25, -0.2) is 9.59 Å². The summed E-state index contributed by atoms with van der Waals surface area (Å²) in [6.45, 7) is 0.102. The fourth-order valence-electron chi connectivity index (χ4n) is 2.47. The van der Waals surface area contributed by atoms with Gasteiger partial charge in [0, 0.05) is 0 Å². The molecule has 2 N–H and O–H groups in total. The molecule has 6 nitrogen and oxygen atoms in total. The monoisotopic (exact) mass is 357 g/mol. The van der Waals surface area contributed by atoms with Gasteiger partial charge < -0.3 is 19.9 Å². The first-order valence-corrected chi connectivity index (χ1v) is 8.41. The third-order valence-electron chi connectivity index (χ3n) is 3.92. The standard InChI is InChI=1S/C20H23NO5/c1-25-17-12-10-15(11-13-17)8-5-9-18(19(22)23)21-20(24)26-14-16-6-3-2-4-7-16/h2-4,6-7,10-13,18H,5,8-9,14H2,1H3,(H,21,24)(H,22,23). The predicted molar refractivity (Wildman–Crippen MR) is 97.1 cm³/mol. The molecular formula is C20H23NO5. The van der Waals surface area contributed by atoms with Crippen molar-refractivity contribution in [2.75, 3.05) is 7.11 Å². The minimum atomic E-state index is -1.07. The van der Waals surface area contributed by atoms with Gasteiger partial charge in [-0.2, -0.15) is 0 Å². The second-order valence-corrected chi connectivity index (χ2v) is 5.84. The number of carbonyl (C=O) groups is 2. The maximum absolute atomic E-state index is 11.8. The fourth-order valence-corrected chi connectivity index (χ4v) is 2.47. The van der Waals surface area contributed by atoms with E-state index in [4.69, 9.17) is 9.47 Å². The van der Waals surface area contributed by atoms with Gasteiger partial charge in [0.25, 0.3) is 0 Å². The lowest BCUT2D eigenvalue weighted by atomic mass is 10.0. The van der Waals surface area contributed by atoms with E-state index in [1.807, 2.05) is 54.6 Å². The molecule has 0 aliphatic rings. The molecule has 0 aromatic heterocycles. The SMILES string of the molecule is COc1ccc(CCCC(NC(=O)OCc2ccccc2)C(=O)O)cc1. The molecule has 0 bridgehead atoms. The van der Waals surface area contributed by atoms with Crippen molar-refractivity contribution in [3.63, 3.8) is 0 Å². The van der Waals surface area contributed by atoms with Gasteiger partial charge in [-0.15, -0.1) is 0 Å². The van der Waals surface area contributed by atoms with E-state index in [2.05, 4.69) is 5.32 Å². The molecule has 2 aromatic carbocycles. The second-order valence-electron chi connectivity index (χ2n) is 5.84. The molecule has 1 amide bonds. The zero-order valence-electron chi connectivity index (χ0n) is 14.7. The molecule has 1 unspecified atom stereocenters. The van der Waals surface area contributed by atoms with Crippen molar-refractivity contribution >= 4 is 12.1 Å².